The van der Waals surface area contributed by atoms with Crippen molar-refractivity contribution >= 4 is 0 Å². The summed E-state index contributed by atoms with van der Waals surface area (Å²) in [7, 11) is 2.26. The van der Waals surface area contributed by atoms with Crippen molar-refractivity contribution in [1.82, 2.24) is 25.1 Å². The number of rotatable bonds is 8. The lowest BCUT2D eigenvalue weighted by Crippen LogP contribution is -2.24. The number of tetrazole rings is 1. The number of aryl methyl sites for hydroxylation is 2. The standard InChI is InChI=1S/C22H27N5/c1-26(21-15-14-18-10-6-7-13-20(18)21)16-8-3-9-17-27-24-22(23-25-27)19-11-4-2-5-12-19/h2,4-7,10-13,21H,3,8-9,14-17H2,1H3. The second kappa shape index (κ2) is 8.44. The van der Waals surface area contributed by atoms with Crippen LogP contribution in [0.3, 0.4) is 0 Å². The Morgan fingerprint density at radius 2 is 1.81 bits per heavy atom. The van der Waals surface area contributed by atoms with Gasteiger partial charge in [-0.25, -0.2) is 0 Å². The molecule has 0 aliphatic heterocycles. The lowest BCUT2D eigenvalue weighted by Gasteiger charge is -2.25. The molecule has 0 spiro atoms. The van der Waals surface area contributed by atoms with Crippen molar-refractivity contribution in [2.45, 2.75) is 44.7 Å². The van der Waals surface area contributed by atoms with Gasteiger partial charge in [-0.05, 0) is 55.6 Å². The zero-order valence-electron chi connectivity index (χ0n) is 16.0. The largest absolute Gasteiger partial charge is 0.299 e. The van der Waals surface area contributed by atoms with E-state index < -0.39 is 0 Å². The fourth-order valence-corrected chi connectivity index (χ4v) is 3.98. The molecular formula is C22H27N5. The molecule has 1 heterocycles. The fourth-order valence-electron chi connectivity index (χ4n) is 3.98. The second-order valence-corrected chi connectivity index (χ2v) is 7.37. The summed E-state index contributed by atoms with van der Waals surface area (Å²) < 4.78 is 0. The Hall–Kier alpha value is -2.53. The van der Waals surface area contributed by atoms with Gasteiger partial charge >= 0.3 is 0 Å². The van der Waals surface area contributed by atoms with Gasteiger partial charge in [0.2, 0.25) is 5.82 Å². The molecule has 5 heteroatoms. The highest BCUT2D eigenvalue weighted by molar-refractivity contribution is 5.52. The minimum Gasteiger partial charge on any atom is -0.299 e. The molecule has 0 saturated carbocycles. The Morgan fingerprint density at radius 1 is 1.00 bits per heavy atom. The van der Waals surface area contributed by atoms with E-state index in [0.717, 1.165) is 25.1 Å². The zero-order valence-corrected chi connectivity index (χ0v) is 16.0. The highest BCUT2D eigenvalue weighted by Gasteiger charge is 2.24. The van der Waals surface area contributed by atoms with Crippen LogP contribution in [0.1, 0.15) is 42.9 Å². The number of aromatic nitrogens is 4. The third-order valence-electron chi connectivity index (χ3n) is 5.49. The zero-order chi connectivity index (χ0) is 18.5. The molecule has 0 fully saturated rings. The van der Waals surface area contributed by atoms with Crippen LogP contribution < -0.4 is 0 Å². The van der Waals surface area contributed by atoms with E-state index in [9.17, 15) is 0 Å². The molecule has 1 atom stereocenters. The minimum absolute atomic E-state index is 0.589. The molecule has 3 aromatic rings. The first kappa shape index (κ1) is 17.9. The maximum Gasteiger partial charge on any atom is 0.204 e. The normalized spacial score (nSPS) is 16.0. The number of nitrogens with zero attached hydrogens (tertiary/aromatic N) is 5. The predicted octanol–water partition coefficient (Wildman–Crippen LogP) is 4.13. The average Bonchev–Trinajstić information content (AvgIpc) is 3.35. The van der Waals surface area contributed by atoms with E-state index in [4.69, 9.17) is 0 Å². The van der Waals surface area contributed by atoms with E-state index in [-0.39, 0.29) is 0 Å². The van der Waals surface area contributed by atoms with Gasteiger partial charge in [0, 0.05) is 11.6 Å². The summed E-state index contributed by atoms with van der Waals surface area (Å²) in [6.07, 6.45) is 5.93. The summed E-state index contributed by atoms with van der Waals surface area (Å²) in [5.74, 6) is 0.704. The molecule has 0 radical (unpaired) electrons. The SMILES string of the molecule is CN(CCCCCn1nnc(-c2ccccc2)n1)C1CCc2ccccc21. The van der Waals surface area contributed by atoms with Crippen molar-refractivity contribution in [3.05, 3.63) is 65.7 Å². The molecule has 0 amide bonds. The van der Waals surface area contributed by atoms with Crippen molar-refractivity contribution in [1.29, 1.82) is 0 Å². The summed E-state index contributed by atoms with van der Waals surface area (Å²) in [5, 5.41) is 12.8. The highest BCUT2D eigenvalue weighted by atomic mass is 15.6. The van der Waals surface area contributed by atoms with Gasteiger partial charge in [-0.2, -0.15) is 4.80 Å². The molecule has 1 aliphatic rings. The third kappa shape index (κ3) is 4.25. The number of hydrogen-bond acceptors (Lipinski definition) is 4. The first-order valence-electron chi connectivity index (χ1n) is 9.92. The third-order valence-corrected chi connectivity index (χ3v) is 5.49. The Morgan fingerprint density at radius 3 is 2.70 bits per heavy atom. The number of hydrogen-bond donors (Lipinski definition) is 0. The summed E-state index contributed by atoms with van der Waals surface area (Å²) in [4.78, 5) is 4.24. The predicted molar refractivity (Wildman–Crippen MR) is 107 cm³/mol. The molecule has 1 aromatic heterocycles. The van der Waals surface area contributed by atoms with Crippen molar-refractivity contribution < 1.29 is 0 Å². The van der Waals surface area contributed by atoms with E-state index in [1.165, 1.54) is 36.8 Å². The molecule has 4 rings (SSSR count). The van der Waals surface area contributed by atoms with Crippen molar-refractivity contribution in [3.63, 3.8) is 0 Å². The Bertz CT molecular complexity index is 858. The number of fused-ring (bicyclic) bond motifs is 1. The van der Waals surface area contributed by atoms with Gasteiger partial charge in [-0.3, -0.25) is 4.90 Å². The monoisotopic (exact) mass is 361 g/mol. The van der Waals surface area contributed by atoms with E-state index in [2.05, 4.69) is 51.6 Å². The van der Waals surface area contributed by atoms with Gasteiger partial charge in [0.05, 0.1) is 6.54 Å². The first-order chi connectivity index (χ1) is 13.3. The highest BCUT2D eigenvalue weighted by Crippen LogP contribution is 2.34. The molecule has 0 N–H and O–H groups in total. The Balaban J connectivity index is 1.20. The van der Waals surface area contributed by atoms with Gasteiger partial charge in [-0.15, -0.1) is 10.2 Å². The van der Waals surface area contributed by atoms with Crippen LogP contribution in [-0.4, -0.2) is 38.7 Å². The lowest BCUT2D eigenvalue weighted by atomic mass is 10.1. The molecule has 1 unspecified atom stereocenters. The van der Waals surface area contributed by atoms with Gasteiger partial charge in [0.1, 0.15) is 0 Å². The van der Waals surface area contributed by atoms with Crippen LogP contribution in [0, 0.1) is 0 Å². The fraction of sp³-hybridized carbons (Fsp3) is 0.409. The van der Waals surface area contributed by atoms with Gasteiger partial charge in [0.15, 0.2) is 0 Å². The van der Waals surface area contributed by atoms with Crippen LogP contribution in [0.25, 0.3) is 11.4 Å². The average molecular weight is 361 g/mol. The lowest BCUT2D eigenvalue weighted by molar-refractivity contribution is 0.238. The molecular weight excluding hydrogens is 334 g/mol. The summed E-state index contributed by atoms with van der Waals surface area (Å²) >= 11 is 0. The van der Waals surface area contributed by atoms with Crippen LogP contribution in [0.2, 0.25) is 0 Å². The van der Waals surface area contributed by atoms with Crippen molar-refractivity contribution in [2.75, 3.05) is 13.6 Å². The maximum absolute atomic E-state index is 4.49. The van der Waals surface area contributed by atoms with Crippen molar-refractivity contribution in [3.8, 4) is 11.4 Å². The Labute approximate surface area is 161 Å². The van der Waals surface area contributed by atoms with Crippen LogP contribution >= 0.6 is 0 Å². The summed E-state index contributed by atoms with van der Waals surface area (Å²) in [5.41, 5.74) is 4.07. The Kier molecular flexibility index (Phi) is 5.58. The molecule has 27 heavy (non-hydrogen) atoms. The van der Waals surface area contributed by atoms with Gasteiger partial charge in [0.25, 0.3) is 0 Å². The van der Waals surface area contributed by atoms with Gasteiger partial charge in [-0.1, -0.05) is 61.0 Å². The second-order valence-electron chi connectivity index (χ2n) is 7.37. The molecule has 2 aromatic carbocycles. The topological polar surface area (TPSA) is 46.8 Å². The van der Waals surface area contributed by atoms with E-state index in [1.807, 2.05) is 30.3 Å². The van der Waals surface area contributed by atoms with E-state index in [0.29, 0.717) is 11.9 Å². The van der Waals surface area contributed by atoms with Gasteiger partial charge < -0.3 is 0 Å². The maximum atomic E-state index is 4.49. The van der Waals surface area contributed by atoms with Crippen LogP contribution in [0.5, 0.6) is 0 Å². The number of unbranched alkanes of at least 4 members (excludes halogenated alkanes) is 2. The first-order valence-corrected chi connectivity index (χ1v) is 9.92. The summed E-state index contributed by atoms with van der Waals surface area (Å²) in [6.45, 7) is 1.97. The molecule has 5 nitrogen and oxygen atoms in total. The number of benzene rings is 2. The molecule has 140 valence electrons. The van der Waals surface area contributed by atoms with E-state index in [1.54, 1.807) is 4.80 Å². The quantitative estimate of drug-likeness (QED) is 0.566. The smallest absolute Gasteiger partial charge is 0.204 e. The minimum atomic E-state index is 0.589. The van der Waals surface area contributed by atoms with Crippen LogP contribution in [-0.2, 0) is 13.0 Å². The molecule has 0 bridgehead atoms. The summed E-state index contributed by atoms with van der Waals surface area (Å²) in [6, 6.07) is 19.5. The van der Waals surface area contributed by atoms with Crippen molar-refractivity contribution in [2.24, 2.45) is 0 Å². The van der Waals surface area contributed by atoms with E-state index >= 15 is 0 Å². The van der Waals surface area contributed by atoms with Crippen LogP contribution in [0.4, 0.5) is 0 Å². The molecule has 0 saturated heterocycles. The molecule has 1 aliphatic carbocycles. The van der Waals surface area contributed by atoms with Crippen LogP contribution in [0.15, 0.2) is 54.6 Å².